The number of benzene rings is 1. The number of carbonyl (C=O) groups excluding carboxylic acids is 2. The number of hydrogen-bond donors (Lipinski definition) is 2. The first-order valence-electron chi connectivity index (χ1n) is 6.84. The summed E-state index contributed by atoms with van der Waals surface area (Å²) in [5, 5.41) is 11.8. The number of nitriles is 1. The van der Waals surface area contributed by atoms with E-state index < -0.39 is 5.91 Å². The molecular formula is C15H17N5O2. The molecule has 22 heavy (non-hydrogen) atoms. The second-order valence-corrected chi connectivity index (χ2v) is 4.91. The van der Waals surface area contributed by atoms with Crippen LogP contribution < -0.4 is 11.1 Å². The molecule has 7 heteroatoms. The lowest BCUT2D eigenvalue weighted by molar-refractivity contribution is -0.119. The van der Waals surface area contributed by atoms with Crippen molar-refractivity contribution >= 4 is 23.7 Å². The van der Waals surface area contributed by atoms with E-state index in [1.165, 1.54) is 6.20 Å². The summed E-state index contributed by atoms with van der Waals surface area (Å²) in [6.45, 7) is 2.36. The molecule has 0 bridgehead atoms. The van der Waals surface area contributed by atoms with Crippen LogP contribution in [0.5, 0.6) is 0 Å². The van der Waals surface area contributed by atoms with Gasteiger partial charge in [0.25, 0.3) is 5.91 Å². The van der Waals surface area contributed by atoms with Crippen LogP contribution in [-0.4, -0.2) is 48.3 Å². The van der Waals surface area contributed by atoms with Gasteiger partial charge in [-0.15, -0.1) is 0 Å². The number of rotatable bonds is 4. The van der Waals surface area contributed by atoms with Crippen molar-refractivity contribution in [3.63, 3.8) is 0 Å². The molecule has 1 fully saturated rings. The number of nitrogens with zero attached hydrogens (tertiary/aromatic N) is 3. The second kappa shape index (κ2) is 7.13. The number of nitrogens with two attached hydrogens (primary N) is 1. The van der Waals surface area contributed by atoms with Gasteiger partial charge >= 0.3 is 0 Å². The Morgan fingerprint density at radius 3 is 2.32 bits per heavy atom. The maximum Gasteiger partial charge on any atom is 0.267 e. The smallest absolute Gasteiger partial charge is 0.267 e. The van der Waals surface area contributed by atoms with Gasteiger partial charge in [0, 0.05) is 43.8 Å². The number of hydrogen-bond acceptors (Lipinski definition) is 5. The summed E-state index contributed by atoms with van der Waals surface area (Å²) in [6.07, 6.45) is 2.34. The molecule has 1 heterocycles. The van der Waals surface area contributed by atoms with Gasteiger partial charge in [-0.1, -0.05) is 0 Å². The zero-order chi connectivity index (χ0) is 15.9. The van der Waals surface area contributed by atoms with Crippen LogP contribution in [-0.2, 0) is 9.59 Å². The maximum atomic E-state index is 12.1. The molecule has 0 saturated carbocycles. The second-order valence-electron chi connectivity index (χ2n) is 4.91. The fourth-order valence-electron chi connectivity index (χ4n) is 2.06. The molecule has 2 amide bonds. The van der Waals surface area contributed by atoms with Crippen molar-refractivity contribution in [2.75, 3.05) is 37.2 Å². The summed E-state index contributed by atoms with van der Waals surface area (Å²) in [4.78, 5) is 26.3. The van der Waals surface area contributed by atoms with Crippen LogP contribution in [0.2, 0.25) is 0 Å². The van der Waals surface area contributed by atoms with Crippen LogP contribution >= 0.6 is 0 Å². The van der Waals surface area contributed by atoms with E-state index >= 15 is 0 Å². The van der Waals surface area contributed by atoms with Gasteiger partial charge in [-0.25, -0.2) is 0 Å². The zero-order valence-corrected chi connectivity index (χ0v) is 12.0. The van der Waals surface area contributed by atoms with Crippen LogP contribution in [0.15, 0.2) is 36.0 Å². The minimum absolute atomic E-state index is 0.0244. The Bertz CT molecular complexity index is 610. The van der Waals surface area contributed by atoms with Crippen molar-refractivity contribution in [3.8, 4) is 6.07 Å². The molecule has 7 nitrogen and oxygen atoms in total. The summed E-state index contributed by atoms with van der Waals surface area (Å²) in [6, 6.07) is 8.59. The van der Waals surface area contributed by atoms with E-state index in [2.05, 4.69) is 5.32 Å². The van der Waals surface area contributed by atoms with Crippen molar-refractivity contribution in [1.29, 1.82) is 5.26 Å². The minimum atomic E-state index is -0.468. The van der Waals surface area contributed by atoms with Gasteiger partial charge in [-0.3, -0.25) is 9.59 Å². The quantitative estimate of drug-likeness (QED) is 0.362. The number of amides is 2. The minimum Gasteiger partial charge on any atom is -0.399 e. The Morgan fingerprint density at radius 2 is 1.77 bits per heavy atom. The number of nitrogens with one attached hydrogen (secondary N) is 1. The molecular weight excluding hydrogens is 282 g/mol. The lowest BCUT2D eigenvalue weighted by Gasteiger charge is -2.31. The monoisotopic (exact) mass is 299 g/mol. The van der Waals surface area contributed by atoms with Crippen molar-refractivity contribution in [2.45, 2.75) is 0 Å². The third-order valence-electron chi connectivity index (χ3n) is 3.34. The molecule has 0 spiro atoms. The first-order chi connectivity index (χ1) is 10.6. The highest BCUT2D eigenvalue weighted by atomic mass is 16.1. The van der Waals surface area contributed by atoms with Crippen molar-refractivity contribution < 1.29 is 9.59 Å². The summed E-state index contributed by atoms with van der Waals surface area (Å²) in [5.74, 6) is -0.468. The van der Waals surface area contributed by atoms with E-state index in [4.69, 9.17) is 11.0 Å². The Morgan fingerprint density at radius 1 is 1.18 bits per heavy atom. The van der Waals surface area contributed by atoms with E-state index in [0.29, 0.717) is 37.6 Å². The van der Waals surface area contributed by atoms with Gasteiger partial charge in [0.1, 0.15) is 11.6 Å². The molecule has 1 aliphatic heterocycles. The SMILES string of the molecule is N#C/C(=C/N1CCN(C=O)CC1)C(=O)Nc1ccc(N)cc1. The number of nitrogen functional groups attached to an aromatic ring is 1. The van der Waals surface area contributed by atoms with Crippen LogP contribution in [0.3, 0.4) is 0 Å². The molecule has 0 aliphatic carbocycles. The largest absolute Gasteiger partial charge is 0.399 e. The lowest BCUT2D eigenvalue weighted by atomic mass is 10.2. The summed E-state index contributed by atoms with van der Waals surface area (Å²) in [5.41, 5.74) is 6.78. The Kier molecular flexibility index (Phi) is 4.98. The third-order valence-corrected chi connectivity index (χ3v) is 3.34. The molecule has 114 valence electrons. The summed E-state index contributed by atoms with van der Waals surface area (Å²) in [7, 11) is 0. The fraction of sp³-hybridized carbons (Fsp3) is 0.267. The molecule has 0 aromatic heterocycles. The molecule has 1 aliphatic rings. The number of piperazine rings is 1. The normalized spacial score (nSPS) is 15.1. The van der Waals surface area contributed by atoms with Gasteiger partial charge in [0.05, 0.1) is 0 Å². The van der Waals surface area contributed by atoms with E-state index in [0.717, 1.165) is 6.41 Å². The van der Waals surface area contributed by atoms with Crippen LogP contribution in [0, 0.1) is 11.3 Å². The van der Waals surface area contributed by atoms with E-state index in [9.17, 15) is 9.59 Å². The Hall–Kier alpha value is -3.01. The number of carbonyl (C=O) groups is 2. The average Bonchev–Trinajstić information content (AvgIpc) is 2.55. The summed E-state index contributed by atoms with van der Waals surface area (Å²) >= 11 is 0. The highest BCUT2D eigenvalue weighted by Crippen LogP contribution is 2.12. The molecule has 3 N–H and O–H groups in total. The van der Waals surface area contributed by atoms with E-state index in [1.807, 2.05) is 11.0 Å². The first kappa shape index (κ1) is 15.4. The molecule has 1 aromatic carbocycles. The third kappa shape index (κ3) is 3.99. The highest BCUT2D eigenvalue weighted by Gasteiger charge is 2.16. The van der Waals surface area contributed by atoms with Gasteiger partial charge < -0.3 is 20.9 Å². The van der Waals surface area contributed by atoms with Crippen molar-refractivity contribution in [2.24, 2.45) is 0 Å². The molecule has 1 saturated heterocycles. The van der Waals surface area contributed by atoms with Gasteiger partial charge in [0.15, 0.2) is 0 Å². The Balaban J connectivity index is 2.00. The van der Waals surface area contributed by atoms with E-state index in [-0.39, 0.29) is 5.57 Å². The van der Waals surface area contributed by atoms with Crippen molar-refractivity contribution in [1.82, 2.24) is 9.80 Å². The summed E-state index contributed by atoms with van der Waals surface area (Å²) < 4.78 is 0. The molecule has 0 radical (unpaired) electrons. The van der Waals surface area contributed by atoms with Crippen molar-refractivity contribution in [3.05, 3.63) is 36.0 Å². The maximum absolute atomic E-state index is 12.1. The van der Waals surface area contributed by atoms with E-state index in [1.54, 1.807) is 29.2 Å². The molecule has 0 atom stereocenters. The molecule has 1 aromatic rings. The first-order valence-corrected chi connectivity index (χ1v) is 6.84. The zero-order valence-electron chi connectivity index (χ0n) is 12.0. The Labute approximate surface area is 128 Å². The van der Waals surface area contributed by atoms with Crippen LogP contribution in [0.25, 0.3) is 0 Å². The van der Waals surface area contributed by atoms with Crippen LogP contribution in [0.1, 0.15) is 0 Å². The van der Waals surface area contributed by atoms with Crippen LogP contribution in [0.4, 0.5) is 11.4 Å². The average molecular weight is 299 g/mol. The predicted molar refractivity (Wildman–Crippen MR) is 82.4 cm³/mol. The predicted octanol–water partition coefficient (Wildman–Crippen LogP) is 0.389. The lowest BCUT2D eigenvalue weighted by Crippen LogP contribution is -2.43. The molecule has 2 rings (SSSR count). The van der Waals surface area contributed by atoms with Gasteiger partial charge in [0.2, 0.25) is 6.41 Å². The topological polar surface area (TPSA) is 102 Å². The van der Waals surface area contributed by atoms with Gasteiger partial charge in [-0.05, 0) is 24.3 Å². The number of anilines is 2. The standard InChI is InChI=1S/C15H17N5O2/c16-9-12(10-19-5-7-20(11-21)8-6-19)15(22)18-14-3-1-13(17)2-4-14/h1-4,10-11H,5-8,17H2,(H,18,22)/b12-10-. The fourth-order valence-corrected chi connectivity index (χ4v) is 2.06. The highest BCUT2D eigenvalue weighted by molar-refractivity contribution is 6.06. The van der Waals surface area contributed by atoms with Gasteiger partial charge in [-0.2, -0.15) is 5.26 Å². The molecule has 0 unspecified atom stereocenters.